The van der Waals surface area contributed by atoms with Gasteiger partial charge in [-0.25, -0.2) is 0 Å². The molecule has 0 heterocycles. The fourth-order valence-electron chi connectivity index (χ4n) is 2.65. The molecule has 0 N–H and O–H groups in total. The Morgan fingerprint density at radius 1 is 0.714 bits per heavy atom. The fraction of sp³-hybridized carbons (Fsp3) is 0.136. The summed E-state index contributed by atoms with van der Waals surface area (Å²) in [6.45, 7) is 1.90. The van der Waals surface area contributed by atoms with Crippen molar-refractivity contribution in [2.24, 2.45) is 4.40 Å². The minimum Gasteiger partial charge on any atom is -0.497 e. The fourth-order valence-corrected chi connectivity index (χ4v) is 3.69. The lowest BCUT2D eigenvalue weighted by atomic mass is 10.0. The Hall–Kier alpha value is -3.12. The summed E-state index contributed by atoms with van der Waals surface area (Å²) in [6.07, 6.45) is 0. The van der Waals surface area contributed by atoms with Crippen molar-refractivity contribution in [2.75, 3.05) is 14.2 Å². The van der Waals surface area contributed by atoms with E-state index in [4.69, 9.17) is 9.47 Å². The van der Waals surface area contributed by atoms with Crippen LogP contribution in [0.4, 0.5) is 0 Å². The van der Waals surface area contributed by atoms with E-state index in [2.05, 4.69) is 4.40 Å². The van der Waals surface area contributed by atoms with Gasteiger partial charge in [-0.05, 0) is 67.6 Å². The molecule has 5 nitrogen and oxygen atoms in total. The van der Waals surface area contributed by atoms with Gasteiger partial charge in [0, 0.05) is 11.1 Å². The Labute approximate surface area is 165 Å². The number of sulfonamides is 1. The van der Waals surface area contributed by atoms with Crippen molar-refractivity contribution in [3.05, 3.63) is 89.5 Å². The van der Waals surface area contributed by atoms with Crippen LogP contribution in [0.5, 0.6) is 11.5 Å². The Bertz CT molecular complexity index is 1020. The van der Waals surface area contributed by atoms with E-state index >= 15 is 0 Å². The van der Waals surface area contributed by atoms with E-state index in [9.17, 15) is 8.42 Å². The predicted molar refractivity (Wildman–Crippen MR) is 110 cm³/mol. The molecule has 3 aromatic carbocycles. The molecular formula is C22H21NO4S. The monoisotopic (exact) mass is 395 g/mol. The first-order valence-corrected chi connectivity index (χ1v) is 10.1. The minimum absolute atomic E-state index is 0.151. The summed E-state index contributed by atoms with van der Waals surface area (Å²) in [5.41, 5.74) is 2.67. The van der Waals surface area contributed by atoms with E-state index in [1.54, 1.807) is 87.0 Å². The summed E-state index contributed by atoms with van der Waals surface area (Å²) in [7, 11) is -0.721. The first kappa shape index (κ1) is 19.6. The largest absolute Gasteiger partial charge is 0.497 e. The van der Waals surface area contributed by atoms with Gasteiger partial charge in [0.25, 0.3) is 10.0 Å². The molecule has 0 spiro atoms. The Morgan fingerprint density at radius 3 is 1.54 bits per heavy atom. The standard InChI is InChI=1S/C22H21NO4S/c1-16-4-14-21(15-5-16)28(24,25)23-22(17-6-10-19(26-2)11-7-17)18-8-12-20(27-3)13-9-18/h4-15H,1-3H3. The molecule has 0 aromatic heterocycles. The SMILES string of the molecule is COc1ccc(C(=NS(=O)(=O)c2ccc(C)cc2)c2ccc(OC)cc2)cc1. The summed E-state index contributed by atoms with van der Waals surface area (Å²) >= 11 is 0. The minimum atomic E-state index is -3.88. The lowest BCUT2D eigenvalue weighted by molar-refractivity contribution is 0.414. The van der Waals surface area contributed by atoms with Crippen molar-refractivity contribution >= 4 is 15.7 Å². The number of hydrogen-bond acceptors (Lipinski definition) is 4. The summed E-state index contributed by atoms with van der Waals surface area (Å²) in [5, 5.41) is 0. The second-order valence-electron chi connectivity index (χ2n) is 6.19. The first-order chi connectivity index (χ1) is 13.4. The zero-order chi connectivity index (χ0) is 20.1. The van der Waals surface area contributed by atoms with E-state index in [1.165, 1.54) is 0 Å². The van der Waals surface area contributed by atoms with Gasteiger partial charge in [-0.1, -0.05) is 17.7 Å². The third-order valence-electron chi connectivity index (χ3n) is 4.26. The maximum atomic E-state index is 12.9. The summed E-state index contributed by atoms with van der Waals surface area (Å²) in [4.78, 5) is 0.151. The van der Waals surface area contributed by atoms with Crippen LogP contribution in [-0.2, 0) is 10.0 Å². The Balaban J connectivity index is 2.13. The maximum Gasteiger partial charge on any atom is 0.282 e. The lowest BCUT2D eigenvalue weighted by Crippen LogP contribution is -2.08. The predicted octanol–water partition coefficient (Wildman–Crippen LogP) is 4.24. The van der Waals surface area contributed by atoms with E-state index in [0.717, 1.165) is 5.56 Å². The summed E-state index contributed by atoms with van der Waals surface area (Å²) in [6, 6.07) is 20.9. The molecule has 144 valence electrons. The smallest absolute Gasteiger partial charge is 0.282 e. The lowest BCUT2D eigenvalue weighted by Gasteiger charge is -2.10. The van der Waals surface area contributed by atoms with Gasteiger partial charge in [0.15, 0.2) is 0 Å². The molecule has 0 radical (unpaired) electrons. The van der Waals surface area contributed by atoms with E-state index in [1.807, 2.05) is 6.92 Å². The zero-order valence-corrected chi connectivity index (χ0v) is 16.7. The third kappa shape index (κ3) is 4.40. The first-order valence-electron chi connectivity index (χ1n) is 8.63. The second kappa shape index (κ2) is 8.27. The molecule has 0 fully saturated rings. The van der Waals surface area contributed by atoms with Crippen LogP contribution in [0.15, 0.2) is 82.1 Å². The molecule has 28 heavy (non-hydrogen) atoms. The van der Waals surface area contributed by atoms with Crippen LogP contribution in [0, 0.1) is 6.92 Å². The third-order valence-corrected chi connectivity index (χ3v) is 5.55. The number of rotatable bonds is 6. The maximum absolute atomic E-state index is 12.9. The van der Waals surface area contributed by atoms with Crippen molar-refractivity contribution in [1.82, 2.24) is 0 Å². The molecule has 6 heteroatoms. The van der Waals surface area contributed by atoms with Crippen LogP contribution >= 0.6 is 0 Å². The highest BCUT2D eigenvalue weighted by atomic mass is 32.2. The highest BCUT2D eigenvalue weighted by Gasteiger charge is 2.17. The van der Waals surface area contributed by atoms with Gasteiger partial charge in [-0.15, -0.1) is 0 Å². The molecule has 3 rings (SSSR count). The molecule has 3 aromatic rings. The van der Waals surface area contributed by atoms with E-state index in [-0.39, 0.29) is 4.90 Å². The van der Waals surface area contributed by atoms with Gasteiger partial charge in [-0.3, -0.25) is 0 Å². The highest BCUT2D eigenvalue weighted by Crippen LogP contribution is 2.21. The second-order valence-corrected chi connectivity index (χ2v) is 7.79. The number of benzene rings is 3. The number of methoxy groups -OCH3 is 2. The average molecular weight is 395 g/mol. The van der Waals surface area contributed by atoms with Crippen LogP contribution in [0.3, 0.4) is 0 Å². The van der Waals surface area contributed by atoms with Crippen molar-refractivity contribution in [3.63, 3.8) is 0 Å². The van der Waals surface area contributed by atoms with Crippen molar-refractivity contribution in [3.8, 4) is 11.5 Å². The average Bonchev–Trinajstić information content (AvgIpc) is 2.72. The summed E-state index contributed by atoms with van der Waals surface area (Å²) < 4.78 is 40.4. The number of hydrogen-bond donors (Lipinski definition) is 0. The number of aryl methyl sites for hydroxylation is 1. The molecule has 0 aliphatic carbocycles. The zero-order valence-electron chi connectivity index (χ0n) is 15.9. The molecule has 0 aliphatic rings. The molecular weight excluding hydrogens is 374 g/mol. The quantitative estimate of drug-likeness (QED) is 0.586. The van der Waals surface area contributed by atoms with Gasteiger partial charge in [-0.2, -0.15) is 12.8 Å². The summed E-state index contributed by atoms with van der Waals surface area (Å²) in [5.74, 6) is 1.36. The molecule has 0 atom stereocenters. The molecule has 0 unspecified atom stereocenters. The van der Waals surface area contributed by atoms with Gasteiger partial charge in [0.05, 0.1) is 24.8 Å². The topological polar surface area (TPSA) is 65.0 Å². The van der Waals surface area contributed by atoms with Gasteiger partial charge < -0.3 is 9.47 Å². The normalized spacial score (nSPS) is 11.0. The Morgan fingerprint density at radius 2 is 1.14 bits per heavy atom. The van der Waals surface area contributed by atoms with Crippen molar-refractivity contribution < 1.29 is 17.9 Å². The van der Waals surface area contributed by atoms with Crippen LogP contribution in [-0.4, -0.2) is 28.3 Å². The number of ether oxygens (including phenoxy) is 2. The van der Waals surface area contributed by atoms with Crippen LogP contribution < -0.4 is 9.47 Å². The van der Waals surface area contributed by atoms with Gasteiger partial charge in [0.1, 0.15) is 11.5 Å². The van der Waals surface area contributed by atoms with Crippen LogP contribution in [0.1, 0.15) is 16.7 Å². The Kier molecular flexibility index (Phi) is 5.80. The van der Waals surface area contributed by atoms with E-state index in [0.29, 0.717) is 28.3 Å². The van der Waals surface area contributed by atoms with Crippen LogP contribution in [0.2, 0.25) is 0 Å². The van der Waals surface area contributed by atoms with Crippen molar-refractivity contribution in [1.29, 1.82) is 0 Å². The van der Waals surface area contributed by atoms with Crippen LogP contribution in [0.25, 0.3) is 0 Å². The number of nitrogens with zero attached hydrogens (tertiary/aromatic N) is 1. The van der Waals surface area contributed by atoms with E-state index < -0.39 is 10.0 Å². The highest BCUT2D eigenvalue weighted by molar-refractivity contribution is 7.90. The van der Waals surface area contributed by atoms with Crippen molar-refractivity contribution in [2.45, 2.75) is 11.8 Å². The molecule has 0 saturated carbocycles. The molecule has 0 aliphatic heterocycles. The molecule has 0 bridgehead atoms. The van der Waals surface area contributed by atoms with Gasteiger partial charge >= 0.3 is 0 Å². The molecule has 0 saturated heterocycles. The van der Waals surface area contributed by atoms with Gasteiger partial charge in [0.2, 0.25) is 0 Å². The molecule has 0 amide bonds.